The number of carbonyl (C=O) groups excluding carboxylic acids is 1. The van der Waals surface area contributed by atoms with E-state index in [4.69, 9.17) is 9.26 Å². The highest BCUT2D eigenvalue weighted by molar-refractivity contribution is 5.76. The maximum absolute atomic E-state index is 11.7. The van der Waals surface area contributed by atoms with Crippen LogP contribution in [0.15, 0.2) is 28.8 Å². The maximum atomic E-state index is 11.7. The van der Waals surface area contributed by atoms with E-state index in [-0.39, 0.29) is 11.9 Å². The molecule has 1 amide bonds. The SMILES string of the molecule is CCC(=O)N1CCC(Nc2nc(-c3cccc(OC)c3)no2)C1. The molecule has 1 aliphatic rings. The predicted octanol–water partition coefficient (Wildman–Crippen LogP) is 2.17. The zero-order valence-electron chi connectivity index (χ0n) is 13.3. The molecule has 2 heterocycles. The fourth-order valence-electron chi connectivity index (χ4n) is 2.66. The van der Waals surface area contributed by atoms with Gasteiger partial charge in [-0.3, -0.25) is 4.79 Å². The van der Waals surface area contributed by atoms with E-state index in [9.17, 15) is 4.79 Å². The summed E-state index contributed by atoms with van der Waals surface area (Å²) in [7, 11) is 1.62. The third kappa shape index (κ3) is 3.44. The molecule has 1 aromatic heterocycles. The molecular formula is C16H20N4O3. The van der Waals surface area contributed by atoms with Gasteiger partial charge >= 0.3 is 6.01 Å². The van der Waals surface area contributed by atoms with Crippen molar-refractivity contribution < 1.29 is 14.1 Å². The van der Waals surface area contributed by atoms with Crippen molar-refractivity contribution in [2.45, 2.75) is 25.8 Å². The van der Waals surface area contributed by atoms with Crippen molar-refractivity contribution in [2.24, 2.45) is 0 Å². The van der Waals surface area contributed by atoms with E-state index in [1.807, 2.05) is 36.1 Å². The standard InChI is InChI=1S/C16H20N4O3/c1-3-14(21)20-8-7-12(10-20)17-16-18-15(19-23-16)11-5-4-6-13(9-11)22-2/h4-6,9,12H,3,7-8,10H2,1-2H3,(H,17,18,19). The van der Waals surface area contributed by atoms with Crippen molar-refractivity contribution in [1.82, 2.24) is 15.0 Å². The van der Waals surface area contributed by atoms with Gasteiger partial charge in [-0.25, -0.2) is 0 Å². The van der Waals surface area contributed by atoms with Crippen LogP contribution in [0.5, 0.6) is 5.75 Å². The Morgan fingerprint density at radius 2 is 2.39 bits per heavy atom. The maximum Gasteiger partial charge on any atom is 0.322 e. The Morgan fingerprint density at radius 1 is 1.52 bits per heavy atom. The Morgan fingerprint density at radius 3 is 3.17 bits per heavy atom. The summed E-state index contributed by atoms with van der Waals surface area (Å²) in [6, 6.07) is 8.01. The van der Waals surface area contributed by atoms with Crippen LogP contribution >= 0.6 is 0 Å². The normalized spacial score (nSPS) is 17.3. The highest BCUT2D eigenvalue weighted by Crippen LogP contribution is 2.23. The highest BCUT2D eigenvalue weighted by atomic mass is 16.5. The van der Waals surface area contributed by atoms with E-state index in [1.54, 1.807) is 7.11 Å². The van der Waals surface area contributed by atoms with Crippen LogP contribution in [-0.2, 0) is 4.79 Å². The minimum absolute atomic E-state index is 0.143. The van der Waals surface area contributed by atoms with Gasteiger partial charge in [0.15, 0.2) is 0 Å². The molecule has 0 spiro atoms. The summed E-state index contributed by atoms with van der Waals surface area (Å²) < 4.78 is 10.5. The summed E-state index contributed by atoms with van der Waals surface area (Å²) >= 11 is 0. The molecule has 1 fully saturated rings. The lowest BCUT2D eigenvalue weighted by Gasteiger charge is -2.15. The Hall–Kier alpha value is -2.57. The Bertz CT molecular complexity index is 685. The van der Waals surface area contributed by atoms with Crippen LogP contribution < -0.4 is 10.1 Å². The number of likely N-dealkylation sites (tertiary alicyclic amines) is 1. The molecule has 3 rings (SSSR count). The quantitative estimate of drug-likeness (QED) is 0.910. The molecule has 1 saturated heterocycles. The largest absolute Gasteiger partial charge is 0.497 e. The third-order valence-electron chi connectivity index (χ3n) is 3.92. The molecule has 1 atom stereocenters. The Labute approximate surface area is 134 Å². The molecule has 2 aromatic rings. The smallest absolute Gasteiger partial charge is 0.322 e. The van der Waals surface area contributed by atoms with Crippen LogP contribution in [0.25, 0.3) is 11.4 Å². The monoisotopic (exact) mass is 316 g/mol. The van der Waals surface area contributed by atoms with E-state index < -0.39 is 0 Å². The first-order chi connectivity index (χ1) is 11.2. The Balaban J connectivity index is 1.65. The average Bonchev–Trinajstić information content (AvgIpc) is 3.24. The van der Waals surface area contributed by atoms with Crippen LogP contribution in [0.3, 0.4) is 0 Å². The first kappa shape index (κ1) is 15.3. The number of anilines is 1. The molecule has 1 aromatic carbocycles. The molecular weight excluding hydrogens is 296 g/mol. The van der Waals surface area contributed by atoms with Gasteiger partial charge in [0.05, 0.1) is 7.11 Å². The number of methoxy groups -OCH3 is 1. The third-order valence-corrected chi connectivity index (χ3v) is 3.92. The summed E-state index contributed by atoms with van der Waals surface area (Å²) in [6.45, 7) is 3.31. The number of hydrogen-bond acceptors (Lipinski definition) is 6. The molecule has 122 valence electrons. The van der Waals surface area contributed by atoms with Gasteiger partial charge in [-0.05, 0) is 18.6 Å². The molecule has 7 heteroatoms. The minimum atomic E-state index is 0.143. The summed E-state index contributed by atoms with van der Waals surface area (Å²) in [5.74, 6) is 1.43. The van der Waals surface area contributed by atoms with E-state index >= 15 is 0 Å². The second kappa shape index (κ2) is 6.68. The van der Waals surface area contributed by atoms with Crippen LogP contribution in [-0.4, -0.2) is 47.2 Å². The van der Waals surface area contributed by atoms with Crippen molar-refractivity contribution in [3.8, 4) is 17.1 Å². The van der Waals surface area contributed by atoms with Gasteiger partial charge in [0.25, 0.3) is 0 Å². The number of nitrogens with one attached hydrogen (secondary N) is 1. The molecule has 0 aliphatic carbocycles. The molecule has 1 aliphatic heterocycles. The lowest BCUT2D eigenvalue weighted by Crippen LogP contribution is -2.30. The fourth-order valence-corrected chi connectivity index (χ4v) is 2.66. The van der Waals surface area contributed by atoms with Gasteiger partial charge in [-0.1, -0.05) is 24.2 Å². The van der Waals surface area contributed by atoms with Crippen LogP contribution in [0.4, 0.5) is 6.01 Å². The lowest BCUT2D eigenvalue weighted by molar-refractivity contribution is -0.129. The van der Waals surface area contributed by atoms with E-state index in [0.29, 0.717) is 24.8 Å². The van der Waals surface area contributed by atoms with E-state index in [0.717, 1.165) is 24.3 Å². The van der Waals surface area contributed by atoms with Gasteiger partial charge in [0, 0.05) is 31.1 Å². The first-order valence-corrected chi connectivity index (χ1v) is 7.72. The van der Waals surface area contributed by atoms with Gasteiger partial charge in [0.1, 0.15) is 5.75 Å². The average molecular weight is 316 g/mol. The summed E-state index contributed by atoms with van der Waals surface area (Å²) in [4.78, 5) is 17.9. The van der Waals surface area contributed by atoms with Crippen molar-refractivity contribution in [3.63, 3.8) is 0 Å². The van der Waals surface area contributed by atoms with Crippen molar-refractivity contribution >= 4 is 11.9 Å². The van der Waals surface area contributed by atoms with E-state index in [2.05, 4.69) is 15.5 Å². The van der Waals surface area contributed by atoms with Crippen molar-refractivity contribution in [1.29, 1.82) is 0 Å². The molecule has 1 unspecified atom stereocenters. The summed E-state index contributed by atoms with van der Waals surface area (Å²) in [6.07, 6.45) is 1.41. The number of hydrogen-bond donors (Lipinski definition) is 1. The number of rotatable bonds is 5. The van der Waals surface area contributed by atoms with Crippen molar-refractivity contribution in [3.05, 3.63) is 24.3 Å². The summed E-state index contributed by atoms with van der Waals surface area (Å²) in [5, 5.41) is 7.19. The topological polar surface area (TPSA) is 80.5 Å². The second-order valence-electron chi connectivity index (χ2n) is 5.48. The molecule has 7 nitrogen and oxygen atoms in total. The van der Waals surface area contributed by atoms with Gasteiger partial charge in [-0.2, -0.15) is 4.98 Å². The van der Waals surface area contributed by atoms with Crippen LogP contribution in [0.2, 0.25) is 0 Å². The number of amides is 1. The molecule has 0 radical (unpaired) electrons. The van der Waals surface area contributed by atoms with E-state index in [1.165, 1.54) is 0 Å². The minimum Gasteiger partial charge on any atom is -0.497 e. The fraction of sp³-hybridized carbons (Fsp3) is 0.438. The second-order valence-corrected chi connectivity index (χ2v) is 5.48. The number of carbonyl (C=O) groups is 1. The number of aromatic nitrogens is 2. The van der Waals surface area contributed by atoms with Gasteiger partial charge in [0.2, 0.25) is 11.7 Å². The number of ether oxygens (including phenoxy) is 1. The van der Waals surface area contributed by atoms with Crippen LogP contribution in [0, 0.1) is 0 Å². The summed E-state index contributed by atoms with van der Waals surface area (Å²) in [5.41, 5.74) is 0.829. The first-order valence-electron chi connectivity index (χ1n) is 7.72. The highest BCUT2D eigenvalue weighted by Gasteiger charge is 2.26. The van der Waals surface area contributed by atoms with Gasteiger partial charge in [-0.15, -0.1) is 0 Å². The molecule has 0 bridgehead atoms. The lowest BCUT2D eigenvalue weighted by atomic mass is 10.2. The van der Waals surface area contributed by atoms with Crippen LogP contribution in [0.1, 0.15) is 19.8 Å². The molecule has 23 heavy (non-hydrogen) atoms. The zero-order chi connectivity index (χ0) is 16.2. The number of benzene rings is 1. The van der Waals surface area contributed by atoms with Gasteiger partial charge < -0.3 is 19.5 Å². The molecule has 1 N–H and O–H groups in total. The molecule has 0 saturated carbocycles. The predicted molar refractivity (Wildman–Crippen MR) is 85.2 cm³/mol. The zero-order valence-corrected chi connectivity index (χ0v) is 13.3. The number of nitrogens with zero attached hydrogens (tertiary/aromatic N) is 3. The van der Waals surface area contributed by atoms with Crippen molar-refractivity contribution in [2.75, 3.05) is 25.5 Å². The Kier molecular flexibility index (Phi) is 4.45.